The highest BCUT2D eigenvalue weighted by molar-refractivity contribution is 7.80. The highest BCUT2D eigenvalue weighted by atomic mass is 32.2. The van der Waals surface area contributed by atoms with Gasteiger partial charge < -0.3 is 25.2 Å². The number of piperazine rings is 1. The Morgan fingerprint density at radius 1 is 0.920 bits per heavy atom. The quantitative estimate of drug-likeness (QED) is 0.116. The molecular weight excluding hydrogens is 651 g/mol. The molecule has 3 N–H and O–H groups in total. The minimum Gasteiger partial charge on any atom is -0.506 e. The second kappa shape index (κ2) is 15.8. The molecule has 1 saturated carbocycles. The Morgan fingerprint density at radius 3 is 2.20 bits per heavy atom. The number of nitrogens with zero attached hydrogens (tertiary/aromatic N) is 3. The molecule has 10 nitrogen and oxygen atoms in total. The van der Waals surface area contributed by atoms with Crippen molar-refractivity contribution in [2.24, 2.45) is 17.3 Å². The van der Waals surface area contributed by atoms with Crippen LogP contribution < -0.4 is 10.2 Å². The summed E-state index contributed by atoms with van der Waals surface area (Å²) in [6.45, 7) is 17.1. The van der Waals surface area contributed by atoms with Crippen LogP contribution in [0.4, 0.5) is 5.69 Å². The van der Waals surface area contributed by atoms with Gasteiger partial charge in [0.05, 0.1) is 5.52 Å². The molecule has 1 aliphatic carbocycles. The molecule has 5 rings (SSSR count). The number of amides is 4. The minimum atomic E-state index is -0.239. The van der Waals surface area contributed by atoms with Crippen molar-refractivity contribution in [1.29, 1.82) is 0 Å². The van der Waals surface area contributed by atoms with Crippen LogP contribution in [0.25, 0.3) is 10.9 Å². The first-order valence-corrected chi connectivity index (χ1v) is 19.4. The number of phenols is 1. The van der Waals surface area contributed by atoms with Crippen LogP contribution in [0.15, 0.2) is 29.3 Å². The fourth-order valence-corrected chi connectivity index (χ4v) is 8.66. The van der Waals surface area contributed by atoms with Gasteiger partial charge in [-0.2, -0.15) is 0 Å². The summed E-state index contributed by atoms with van der Waals surface area (Å²) in [6.07, 6.45) is 9.81. The van der Waals surface area contributed by atoms with Gasteiger partial charge in [0.25, 0.3) is 11.8 Å². The summed E-state index contributed by atoms with van der Waals surface area (Å²) in [6, 6.07) is 3.87. The molecule has 1 aromatic heterocycles. The third kappa shape index (κ3) is 9.65. The number of thiol groups is 1. The van der Waals surface area contributed by atoms with E-state index in [4.69, 9.17) is 0 Å². The van der Waals surface area contributed by atoms with Gasteiger partial charge >= 0.3 is 0 Å². The van der Waals surface area contributed by atoms with Crippen molar-refractivity contribution in [3.63, 3.8) is 0 Å². The Bertz CT molecular complexity index is 1570. The van der Waals surface area contributed by atoms with Crippen molar-refractivity contribution in [3.05, 3.63) is 29.8 Å². The van der Waals surface area contributed by atoms with E-state index in [1.54, 1.807) is 0 Å². The van der Waals surface area contributed by atoms with Gasteiger partial charge in [0.2, 0.25) is 16.8 Å². The summed E-state index contributed by atoms with van der Waals surface area (Å²) >= 11 is 1.23. The van der Waals surface area contributed by atoms with Crippen molar-refractivity contribution in [2.75, 3.05) is 44.2 Å². The van der Waals surface area contributed by atoms with Gasteiger partial charge in [-0.3, -0.25) is 24.1 Å². The number of nitrogens with one attached hydrogen (secondary N) is 2. The fourth-order valence-electron chi connectivity index (χ4n) is 7.49. The predicted octanol–water partition coefficient (Wildman–Crippen LogP) is 5.49. The van der Waals surface area contributed by atoms with E-state index in [9.17, 15) is 24.3 Å². The topological polar surface area (TPSA) is 126 Å². The largest absolute Gasteiger partial charge is 0.506 e. The first-order chi connectivity index (χ1) is 23.6. The molecule has 50 heavy (non-hydrogen) atoms. The summed E-state index contributed by atoms with van der Waals surface area (Å²) in [5.74, 6) is 0.282. The smallest absolute Gasteiger partial charge is 0.253 e. The second-order valence-corrected chi connectivity index (χ2v) is 18.6. The predicted molar refractivity (Wildman–Crippen MR) is 201 cm³/mol. The van der Waals surface area contributed by atoms with E-state index in [0.29, 0.717) is 45.7 Å². The molecule has 3 aliphatic rings. The normalized spacial score (nSPS) is 20.3. The number of aromatic amines is 1. The Morgan fingerprint density at radius 2 is 1.58 bits per heavy atom. The monoisotopic (exact) mass is 708 g/mol. The first kappa shape index (κ1) is 37.8. The Balaban J connectivity index is 1.03. The molecular formula is C39H58N5O5S+. The van der Waals surface area contributed by atoms with Crippen LogP contribution in [0.1, 0.15) is 98.5 Å². The molecule has 4 amide bonds. The number of aromatic nitrogens is 1. The highest BCUT2D eigenvalue weighted by Gasteiger charge is 2.33. The molecule has 3 heterocycles. The molecule has 2 fully saturated rings. The summed E-state index contributed by atoms with van der Waals surface area (Å²) in [5, 5.41) is 16.5. The molecule has 2 aliphatic heterocycles. The number of H-pyrrole nitrogens is 1. The van der Waals surface area contributed by atoms with E-state index in [-0.39, 0.29) is 51.4 Å². The van der Waals surface area contributed by atoms with E-state index < -0.39 is 0 Å². The maximum atomic E-state index is 13.1. The molecule has 2 aromatic rings. The van der Waals surface area contributed by atoms with Gasteiger partial charge in [0.15, 0.2) is 0 Å². The van der Waals surface area contributed by atoms with Crippen molar-refractivity contribution in [1.82, 2.24) is 20.1 Å². The lowest BCUT2D eigenvalue weighted by atomic mass is 9.81. The Hall–Kier alpha value is -3.47. The van der Waals surface area contributed by atoms with Crippen molar-refractivity contribution < 1.29 is 24.3 Å². The van der Waals surface area contributed by atoms with Crippen LogP contribution in [-0.2, 0) is 37.4 Å². The van der Waals surface area contributed by atoms with Crippen molar-refractivity contribution in [2.45, 2.75) is 109 Å². The molecule has 1 saturated heterocycles. The number of unbranched alkanes of at least 4 members (excludes halogenated alkanes) is 2. The van der Waals surface area contributed by atoms with Crippen molar-refractivity contribution >= 4 is 52.0 Å². The first-order valence-electron chi connectivity index (χ1n) is 18.5. The molecule has 1 aromatic carbocycles. The zero-order chi connectivity index (χ0) is 36.2. The zero-order valence-electron chi connectivity index (χ0n) is 30.9. The molecule has 11 heteroatoms. The second-order valence-electron chi connectivity index (χ2n) is 16.6. The number of carbonyl (C=O) groups excluding carboxylic acids is 4. The number of benzene rings is 1. The third-order valence-corrected chi connectivity index (χ3v) is 11.3. The number of hydrogen-bond donors (Lipinski definition) is 3. The highest BCUT2D eigenvalue weighted by Crippen LogP contribution is 2.41. The third-order valence-electron chi connectivity index (χ3n) is 10.0. The number of aromatic hydroxyl groups is 1. The van der Waals surface area contributed by atoms with Crippen LogP contribution in [0.3, 0.4) is 0 Å². The maximum Gasteiger partial charge on any atom is 0.253 e. The number of imide groups is 1. The number of rotatable bonds is 12. The van der Waals surface area contributed by atoms with Crippen LogP contribution in [0, 0.1) is 17.3 Å². The minimum absolute atomic E-state index is 0.0174. The molecule has 0 radical (unpaired) electrons. The zero-order valence-corrected chi connectivity index (χ0v) is 31.8. The lowest BCUT2D eigenvalue weighted by Gasteiger charge is -2.36. The van der Waals surface area contributed by atoms with Gasteiger partial charge in [0, 0.05) is 86.5 Å². The number of fused-ring (bicyclic) bond motifs is 1. The SMILES string of the molecule is CC(C)(C)Cc1c([SH+]C(C)(C)C)[nH]c2c(N3CCN(C(=O)CCCCCNC(=O)C4CCC(CN5C(=O)C=CC5=O)CC4)CC3)c(O)ccc12. The summed E-state index contributed by atoms with van der Waals surface area (Å²) in [7, 11) is 0. The molecule has 0 spiro atoms. The summed E-state index contributed by atoms with van der Waals surface area (Å²) in [4.78, 5) is 58.7. The number of hydrogen-bond acceptors (Lipinski definition) is 6. The van der Waals surface area contributed by atoms with Crippen LogP contribution in [0.2, 0.25) is 0 Å². The standard InChI is InChI=1S/C39H57N5O5S/c1-38(2,3)24-29-28-15-16-30(45)35(34(28)41-37(29)50-39(4,5)6)43-22-20-42(21-23-43)31(46)10-8-7-9-19-40-36(49)27-13-11-26(12-14-27)25-44-32(47)17-18-33(44)48/h15-18,26-27,41,45H,7-14,19-25H2,1-6H3,(H,40,49)/p+1. The molecule has 0 atom stereocenters. The maximum absolute atomic E-state index is 13.1. The Labute approximate surface area is 301 Å². The van der Waals surface area contributed by atoms with Crippen LogP contribution >= 0.6 is 0 Å². The molecule has 0 bridgehead atoms. The lowest BCUT2D eigenvalue weighted by molar-refractivity contribution is -0.138. The van der Waals surface area contributed by atoms with Gasteiger partial charge in [-0.1, -0.05) is 27.2 Å². The van der Waals surface area contributed by atoms with Crippen LogP contribution in [0.5, 0.6) is 5.75 Å². The molecule has 274 valence electrons. The fraction of sp³-hybridized carbons (Fsp3) is 0.641. The van der Waals surface area contributed by atoms with E-state index in [0.717, 1.165) is 62.6 Å². The lowest BCUT2D eigenvalue weighted by Crippen LogP contribution is -2.48. The van der Waals surface area contributed by atoms with Gasteiger partial charge in [-0.15, -0.1) is 0 Å². The summed E-state index contributed by atoms with van der Waals surface area (Å²) < 4.78 is 0.0937. The van der Waals surface area contributed by atoms with Crippen LogP contribution in [-0.4, -0.2) is 87.5 Å². The van der Waals surface area contributed by atoms with E-state index >= 15 is 0 Å². The average molecular weight is 709 g/mol. The molecule has 0 unspecified atom stereocenters. The summed E-state index contributed by atoms with van der Waals surface area (Å²) in [5.41, 5.74) is 3.27. The number of anilines is 1. The van der Waals surface area contributed by atoms with Gasteiger partial charge in [0.1, 0.15) is 16.2 Å². The number of carbonyl (C=O) groups is 4. The van der Waals surface area contributed by atoms with Gasteiger partial charge in [-0.25, -0.2) is 0 Å². The average Bonchev–Trinajstić information content (AvgIpc) is 3.54. The van der Waals surface area contributed by atoms with Gasteiger partial charge in [-0.05, 0) is 89.2 Å². The van der Waals surface area contributed by atoms with E-state index in [1.807, 2.05) is 17.0 Å². The van der Waals surface area contributed by atoms with E-state index in [1.165, 1.54) is 44.8 Å². The van der Waals surface area contributed by atoms with E-state index in [2.05, 4.69) is 56.7 Å². The number of phenolic OH excluding ortho intramolecular Hbond substituents is 1. The Kier molecular flexibility index (Phi) is 12.0. The van der Waals surface area contributed by atoms with Crippen molar-refractivity contribution in [3.8, 4) is 5.75 Å².